The SMILES string of the molecule is CC(=O)NC(C(=O)N1CCN(CCc2ccccc2)CC1)C(C)C. The third-order valence-corrected chi connectivity index (χ3v) is 4.53. The number of carbonyl (C=O) groups is 2. The van der Waals surface area contributed by atoms with Gasteiger partial charge in [-0.15, -0.1) is 0 Å². The average Bonchev–Trinajstić information content (AvgIpc) is 2.58. The van der Waals surface area contributed by atoms with Gasteiger partial charge in [-0.3, -0.25) is 14.5 Å². The Morgan fingerprint density at radius 3 is 2.25 bits per heavy atom. The first kappa shape index (κ1) is 18.5. The summed E-state index contributed by atoms with van der Waals surface area (Å²) in [7, 11) is 0. The van der Waals surface area contributed by atoms with E-state index in [0.29, 0.717) is 0 Å². The van der Waals surface area contributed by atoms with E-state index in [4.69, 9.17) is 0 Å². The maximum absolute atomic E-state index is 12.7. The van der Waals surface area contributed by atoms with Crippen molar-refractivity contribution in [1.82, 2.24) is 15.1 Å². The van der Waals surface area contributed by atoms with Crippen LogP contribution in [0, 0.1) is 5.92 Å². The van der Waals surface area contributed by atoms with Crippen molar-refractivity contribution in [2.45, 2.75) is 33.2 Å². The minimum Gasteiger partial charge on any atom is -0.344 e. The van der Waals surface area contributed by atoms with E-state index in [-0.39, 0.29) is 17.7 Å². The molecule has 1 fully saturated rings. The smallest absolute Gasteiger partial charge is 0.245 e. The first-order chi connectivity index (χ1) is 11.5. The minimum atomic E-state index is -0.418. The van der Waals surface area contributed by atoms with Gasteiger partial charge < -0.3 is 10.2 Å². The fourth-order valence-electron chi connectivity index (χ4n) is 3.05. The molecule has 5 nitrogen and oxygen atoms in total. The van der Waals surface area contributed by atoms with E-state index in [1.165, 1.54) is 12.5 Å². The molecule has 5 heteroatoms. The van der Waals surface area contributed by atoms with Gasteiger partial charge in [0.15, 0.2) is 0 Å². The van der Waals surface area contributed by atoms with Crippen molar-refractivity contribution in [3.8, 4) is 0 Å². The van der Waals surface area contributed by atoms with E-state index >= 15 is 0 Å². The molecule has 0 saturated carbocycles. The summed E-state index contributed by atoms with van der Waals surface area (Å²) in [5.74, 6) is -0.0102. The van der Waals surface area contributed by atoms with Crippen LogP contribution in [0.5, 0.6) is 0 Å². The van der Waals surface area contributed by atoms with Crippen LogP contribution in [0.4, 0.5) is 0 Å². The molecule has 1 aromatic rings. The number of hydrogen-bond donors (Lipinski definition) is 1. The number of benzene rings is 1. The van der Waals surface area contributed by atoms with Crippen molar-refractivity contribution in [2.24, 2.45) is 5.92 Å². The third kappa shape index (κ3) is 5.34. The second kappa shape index (κ2) is 8.83. The molecule has 1 aromatic carbocycles. The predicted molar refractivity (Wildman–Crippen MR) is 95.6 cm³/mol. The molecule has 1 aliphatic rings. The maximum atomic E-state index is 12.7. The molecular formula is C19H29N3O2. The Bertz CT molecular complexity index is 537. The molecule has 0 bridgehead atoms. The summed E-state index contributed by atoms with van der Waals surface area (Å²) in [4.78, 5) is 28.3. The van der Waals surface area contributed by atoms with Crippen LogP contribution >= 0.6 is 0 Å². The lowest BCUT2D eigenvalue weighted by molar-refractivity contribution is -0.138. The van der Waals surface area contributed by atoms with E-state index < -0.39 is 6.04 Å². The molecule has 0 spiro atoms. The van der Waals surface area contributed by atoms with Gasteiger partial charge in [0, 0.05) is 39.6 Å². The zero-order valence-electron chi connectivity index (χ0n) is 15.0. The van der Waals surface area contributed by atoms with Crippen molar-refractivity contribution in [3.05, 3.63) is 35.9 Å². The van der Waals surface area contributed by atoms with Crippen LogP contribution < -0.4 is 5.32 Å². The number of carbonyl (C=O) groups excluding carboxylic acids is 2. The fraction of sp³-hybridized carbons (Fsp3) is 0.579. The molecule has 0 radical (unpaired) electrons. The molecular weight excluding hydrogens is 302 g/mol. The van der Waals surface area contributed by atoms with Crippen LogP contribution in [0.15, 0.2) is 30.3 Å². The molecule has 24 heavy (non-hydrogen) atoms. The molecule has 1 aliphatic heterocycles. The largest absolute Gasteiger partial charge is 0.344 e. The van der Waals surface area contributed by atoms with Crippen molar-refractivity contribution >= 4 is 11.8 Å². The lowest BCUT2D eigenvalue weighted by Gasteiger charge is -2.37. The monoisotopic (exact) mass is 331 g/mol. The molecule has 1 unspecified atom stereocenters. The first-order valence-electron chi connectivity index (χ1n) is 8.79. The van der Waals surface area contributed by atoms with E-state index in [1.54, 1.807) is 0 Å². The lowest BCUT2D eigenvalue weighted by Crippen LogP contribution is -2.56. The summed E-state index contributed by atoms with van der Waals surface area (Å²) in [5.41, 5.74) is 1.35. The summed E-state index contributed by atoms with van der Waals surface area (Å²) in [6, 6.07) is 10.1. The van der Waals surface area contributed by atoms with Gasteiger partial charge >= 0.3 is 0 Å². The van der Waals surface area contributed by atoms with Gasteiger partial charge in [-0.05, 0) is 17.9 Å². The van der Waals surface area contributed by atoms with Gasteiger partial charge in [0.25, 0.3) is 0 Å². The Morgan fingerprint density at radius 1 is 1.08 bits per heavy atom. The van der Waals surface area contributed by atoms with Crippen LogP contribution in [0.25, 0.3) is 0 Å². The highest BCUT2D eigenvalue weighted by Gasteiger charge is 2.29. The van der Waals surface area contributed by atoms with Gasteiger partial charge in [0.2, 0.25) is 11.8 Å². The standard InChI is InChI=1S/C19H29N3O2/c1-15(2)18(20-16(3)23)19(24)22-13-11-21(12-14-22)10-9-17-7-5-4-6-8-17/h4-8,15,18H,9-14H2,1-3H3,(H,20,23). The molecule has 1 N–H and O–H groups in total. The molecule has 1 atom stereocenters. The number of rotatable bonds is 6. The second-order valence-electron chi connectivity index (χ2n) is 6.82. The molecule has 132 valence electrons. The summed E-state index contributed by atoms with van der Waals surface area (Å²) in [6.45, 7) is 9.67. The van der Waals surface area contributed by atoms with Crippen LogP contribution in [0.3, 0.4) is 0 Å². The van der Waals surface area contributed by atoms with E-state index in [1.807, 2.05) is 24.8 Å². The number of piperazine rings is 1. The normalized spacial score (nSPS) is 16.9. The molecule has 0 aromatic heterocycles. The Morgan fingerprint density at radius 2 is 1.71 bits per heavy atom. The van der Waals surface area contributed by atoms with Gasteiger partial charge in [0.1, 0.15) is 6.04 Å². The summed E-state index contributed by atoms with van der Waals surface area (Å²) >= 11 is 0. The van der Waals surface area contributed by atoms with Crippen molar-refractivity contribution in [1.29, 1.82) is 0 Å². The Balaban J connectivity index is 1.80. The second-order valence-corrected chi connectivity index (χ2v) is 6.82. The van der Waals surface area contributed by atoms with Gasteiger partial charge in [-0.1, -0.05) is 44.2 Å². The number of hydrogen-bond acceptors (Lipinski definition) is 3. The molecule has 2 amide bonds. The maximum Gasteiger partial charge on any atom is 0.245 e. The Labute approximate surface area is 145 Å². The molecule has 2 rings (SSSR count). The number of amides is 2. The fourth-order valence-corrected chi connectivity index (χ4v) is 3.05. The molecule has 1 heterocycles. The Hall–Kier alpha value is -1.88. The van der Waals surface area contributed by atoms with E-state index in [0.717, 1.165) is 39.1 Å². The summed E-state index contributed by atoms with van der Waals surface area (Å²) < 4.78 is 0. The van der Waals surface area contributed by atoms with Crippen LogP contribution in [-0.4, -0.2) is 60.4 Å². The van der Waals surface area contributed by atoms with Crippen LogP contribution in [-0.2, 0) is 16.0 Å². The quantitative estimate of drug-likeness (QED) is 0.860. The highest BCUT2D eigenvalue weighted by Crippen LogP contribution is 2.10. The first-order valence-corrected chi connectivity index (χ1v) is 8.79. The van der Waals surface area contributed by atoms with Crippen molar-refractivity contribution < 1.29 is 9.59 Å². The van der Waals surface area contributed by atoms with Gasteiger partial charge in [0.05, 0.1) is 0 Å². The minimum absolute atomic E-state index is 0.0444. The zero-order chi connectivity index (χ0) is 17.5. The van der Waals surface area contributed by atoms with E-state index in [9.17, 15) is 9.59 Å². The number of nitrogens with one attached hydrogen (secondary N) is 1. The average molecular weight is 331 g/mol. The molecule has 1 saturated heterocycles. The van der Waals surface area contributed by atoms with Gasteiger partial charge in [-0.2, -0.15) is 0 Å². The predicted octanol–water partition coefficient (Wildman–Crippen LogP) is 1.53. The van der Waals surface area contributed by atoms with Crippen molar-refractivity contribution in [2.75, 3.05) is 32.7 Å². The van der Waals surface area contributed by atoms with Crippen molar-refractivity contribution in [3.63, 3.8) is 0 Å². The van der Waals surface area contributed by atoms with E-state index in [2.05, 4.69) is 34.5 Å². The van der Waals surface area contributed by atoms with Gasteiger partial charge in [-0.25, -0.2) is 0 Å². The molecule has 0 aliphatic carbocycles. The zero-order valence-corrected chi connectivity index (χ0v) is 15.0. The lowest BCUT2D eigenvalue weighted by atomic mass is 10.0. The van der Waals surface area contributed by atoms with Crippen LogP contribution in [0.1, 0.15) is 26.3 Å². The Kier molecular flexibility index (Phi) is 6.79. The third-order valence-electron chi connectivity index (χ3n) is 4.53. The summed E-state index contributed by atoms with van der Waals surface area (Å²) in [5, 5.41) is 2.79. The highest BCUT2D eigenvalue weighted by atomic mass is 16.2. The highest BCUT2D eigenvalue weighted by molar-refractivity contribution is 5.87. The topological polar surface area (TPSA) is 52.7 Å². The van der Waals surface area contributed by atoms with Crippen LogP contribution in [0.2, 0.25) is 0 Å². The number of nitrogens with zero attached hydrogens (tertiary/aromatic N) is 2. The summed E-state index contributed by atoms with van der Waals surface area (Å²) in [6.07, 6.45) is 1.04.